The number of imidazole rings is 1. The Labute approximate surface area is 239 Å². The van der Waals surface area contributed by atoms with Crippen LogP contribution in [0.3, 0.4) is 0 Å². The molecular weight excluding hydrogens is 579 g/mol. The van der Waals surface area contributed by atoms with Crippen molar-refractivity contribution in [1.29, 1.82) is 0 Å². The molecule has 0 aliphatic carbocycles. The number of nitrogens with one attached hydrogen (secondary N) is 2. The second kappa shape index (κ2) is 11.5. The number of aromatic nitrogens is 2. The van der Waals surface area contributed by atoms with Gasteiger partial charge in [-0.15, -0.1) is 11.3 Å². The number of amides is 2. The molecule has 0 bridgehead atoms. The highest BCUT2D eigenvalue weighted by Crippen LogP contribution is 2.37. The van der Waals surface area contributed by atoms with E-state index in [2.05, 4.69) is 15.3 Å². The highest BCUT2D eigenvalue weighted by atomic mass is 32.2. The topological polar surface area (TPSA) is 115 Å². The Morgan fingerprint density at radius 1 is 1.12 bits per heavy atom. The Bertz CT molecular complexity index is 1650. The molecule has 0 unspecified atom stereocenters. The zero-order chi connectivity index (χ0) is 28.4. The number of hydrogen-bond donors (Lipinski definition) is 3. The van der Waals surface area contributed by atoms with Crippen LogP contribution >= 0.6 is 35.3 Å². The predicted octanol–water partition coefficient (Wildman–Crippen LogP) is 5.57. The Balaban J connectivity index is 1.39. The molecule has 2 aromatic carbocycles. The van der Waals surface area contributed by atoms with Crippen molar-refractivity contribution in [1.82, 2.24) is 14.9 Å². The van der Waals surface area contributed by atoms with E-state index < -0.39 is 35.5 Å². The quantitative estimate of drug-likeness (QED) is 0.180. The molecule has 3 heterocycles. The van der Waals surface area contributed by atoms with Crippen molar-refractivity contribution in [2.45, 2.75) is 12.5 Å². The largest absolute Gasteiger partial charge is 0.478 e. The number of aromatic amines is 1. The summed E-state index contributed by atoms with van der Waals surface area (Å²) < 4.78 is 27.2. The van der Waals surface area contributed by atoms with Crippen molar-refractivity contribution in [2.24, 2.45) is 0 Å². The van der Waals surface area contributed by atoms with E-state index in [4.69, 9.17) is 17.3 Å². The number of carbonyl (C=O) groups is 3. The Kier molecular flexibility index (Phi) is 7.87. The van der Waals surface area contributed by atoms with E-state index in [0.29, 0.717) is 32.3 Å². The van der Waals surface area contributed by atoms with Crippen LogP contribution in [0, 0.1) is 11.6 Å². The minimum atomic E-state index is -1.10. The van der Waals surface area contributed by atoms with Crippen molar-refractivity contribution in [3.8, 4) is 11.1 Å². The van der Waals surface area contributed by atoms with Gasteiger partial charge in [0.25, 0.3) is 5.91 Å². The average molecular weight is 597 g/mol. The normalized spacial score (nSPS) is 15.1. The maximum atomic E-state index is 13.7. The summed E-state index contributed by atoms with van der Waals surface area (Å²) in [6.45, 7) is 0. The number of hydrogen-bond acceptors (Lipinski definition) is 7. The predicted molar refractivity (Wildman–Crippen MR) is 153 cm³/mol. The van der Waals surface area contributed by atoms with Crippen LogP contribution in [0.15, 0.2) is 71.3 Å². The van der Waals surface area contributed by atoms with Crippen molar-refractivity contribution in [3.05, 3.63) is 99.1 Å². The third-order valence-electron chi connectivity index (χ3n) is 5.95. The Morgan fingerprint density at radius 3 is 2.58 bits per heavy atom. The monoisotopic (exact) mass is 596 g/mol. The zero-order valence-electron chi connectivity index (χ0n) is 20.3. The van der Waals surface area contributed by atoms with E-state index in [1.165, 1.54) is 52.9 Å². The van der Waals surface area contributed by atoms with Gasteiger partial charge in [-0.2, -0.15) is 0 Å². The lowest BCUT2D eigenvalue weighted by Crippen LogP contribution is -2.47. The maximum Gasteiger partial charge on any atom is 0.335 e. The van der Waals surface area contributed by atoms with Crippen LogP contribution in [-0.2, 0) is 16.0 Å². The number of halogens is 2. The van der Waals surface area contributed by atoms with Gasteiger partial charge in [-0.25, -0.2) is 18.6 Å². The van der Waals surface area contributed by atoms with Gasteiger partial charge < -0.3 is 15.4 Å². The third kappa shape index (κ3) is 5.86. The molecular formula is C27H18F2N4O4S3. The van der Waals surface area contributed by atoms with Gasteiger partial charge in [-0.1, -0.05) is 30.0 Å². The molecule has 202 valence electrons. The SMILES string of the molecule is O=C(O)c1ccc(NC(=O)[C@H](Cc2cnc[nH]2)N2C(=O)/C(=C/c3cc(-c4ccc(F)c(F)c4)cs3)SC2=S)cc1. The van der Waals surface area contributed by atoms with Gasteiger partial charge in [-0.3, -0.25) is 14.5 Å². The highest BCUT2D eigenvalue weighted by Gasteiger charge is 2.40. The number of aromatic carboxylic acids is 1. The molecule has 2 aromatic heterocycles. The zero-order valence-corrected chi connectivity index (χ0v) is 22.7. The summed E-state index contributed by atoms with van der Waals surface area (Å²) in [4.78, 5) is 47.2. The molecule has 3 N–H and O–H groups in total. The molecule has 0 spiro atoms. The van der Waals surface area contributed by atoms with Gasteiger partial charge in [0.2, 0.25) is 5.91 Å². The van der Waals surface area contributed by atoms with Crippen LogP contribution in [0.25, 0.3) is 17.2 Å². The van der Waals surface area contributed by atoms with E-state index in [1.807, 2.05) is 0 Å². The third-order valence-corrected chi connectivity index (χ3v) is 8.16. The average Bonchev–Trinajstić information content (AvgIpc) is 3.67. The Morgan fingerprint density at radius 2 is 1.90 bits per heavy atom. The first-order valence-electron chi connectivity index (χ1n) is 11.6. The molecule has 1 aliphatic heterocycles. The van der Waals surface area contributed by atoms with Gasteiger partial charge in [0.05, 0.1) is 16.8 Å². The molecule has 13 heteroatoms. The molecule has 0 radical (unpaired) electrons. The van der Waals surface area contributed by atoms with Crippen LogP contribution < -0.4 is 5.32 Å². The number of H-pyrrole nitrogens is 1. The van der Waals surface area contributed by atoms with E-state index in [0.717, 1.165) is 23.9 Å². The Hall–Kier alpha value is -4.20. The minimum absolute atomic E-state index is 0.0652. The first kappa shape index (κ1) is 27.4. The number of benzene rings is 2. The van der Waals surface area contributed by atoms with Gasteiger partial charge in [0.15, 0.2) is 11.6 Å². The molecule has 0 saturated carbocycles. The number of anilines is 1. The van der Waals surface area contributed by atoms with Gasteiger partial charge in [0.1, 0.15) is 10.4 Å². The van der Waals surface area contributed by atoms with Crippen molar-refractivity contribution >= 4 is 69.2 Å². The van der Waals surface area contributed by atoms with E-state index >= 15 is 0 Å². The molecule has 1 atom stereocenters. The first-order valence-corrected chi connectivity index (χ1v) is 13.7. The number of carboxylic acids is 1. The molecule has 5 rings (SSSR count). The molecule has 1 fully saturated rings. The number of thioether (sulfide) groups is 1. The number of nitrogens with zero attached hydrogens (tertiary/aromatic N) is 2. The highest BCUT2D eigenvalue weighted by molar-refractivity contribution is 8.26. The van der Waals surface area contributed by atoms with Crippen LogP contribution in [0.1, 0.15) is 20.9 Å². The van der Waals surface area contributed by atoms with Gasteiger partial charge in [0, 0.05) is 28.9 Å². The molecule has 4 aromatic rings. The molecule has 40 heavy (non-hydrogen) atoms. The fourth-order valence-corrected chi connectivity index (χ4v) is 6.23. The van der Waals surface area contributed by atoms with E-state index in [1.54, 1.807) is 23.7 Å². The second-order valence-electron chi connectivity index (χ2n) is 8.59. The number of carboxylic acid groups (broad SMARTS) is 1. The summed E-state index contributed by atoms with van der Waals surface area (Å²) >= 11 is 7.87. The summed E-state index contributed by atoms with van der Waals surface area (Å²) in [5.74, 6) is -3.97. The lowest BCUT2D eigenvalue weighted by atomic mass is 10.1. The minimum Gasteiger partial charge on any atom is -0.478 e. The number of rotatable bonds is 8. The first-order chi connectivity index (χ1) is 19.2. The van der Waals surface area contributed by atoms with Gasteiger partial charge >= 0.3 is 5.97 Å². The van der Waals surface area contributed by atoms with E-state index in [-0.39, 0.29) is 16.3 Å². The van der Waals surface area contributed by atoms with Crippen molar-refractivity contribution in [2.75, 3.05) is 5.32 Å². The van der Waals surface area contributed by atoms with Crippen LogP contribution in [0.5, 0.6) is 0 Å². The van der Waals surface area contributed by atoms with Crippen LogP contribution in [0.2, 0.25) is 0 Å². The van der Waals surface area contributed by atoms with Crippen molar-refractivity contribution < 1.29 is 28.3 Å². The number of carbonyl (C=O) groups excluding carboxylic acids is 2. The smallest absolute Gasteiger partial charge is 0.335 e. The number of thiocarbonyl (C=S) groups is 1. The summed E-state index contributed by atoms with van der Waals surface area (Å²) in [6.07, 6.45) is 4.74. The lowest BCUT2D eigenvalue weighted by Gasteiger charge is -2.25. The van der Waals surface area contributed by atoms with Crippen LogP contribution in [-0.4, -0.2) is 48.1 Å². The van der Waals surface area contributed by atoms with Crippen molar-refractivity contribution in [3.63, 3.8) is 0 Å². The lowest BCUT2D eigenvalue weighted by molar-refractivity contribution is -0.130. The summed E-state index contributed by atoms with van der Waals surface area (Å²) in [6, 6.07) is 9.99. The van der Waals surface area contributed by atoms with Crippen LogP contribution in [0.4, 0.5) is 14.5 Å². The molecule has 8 nitrogen and oxygen atoms in total. The second-order valence-corrected chi connectivity index (χ2v) is 11.2. The summed E-state index contributed by atoms with van der Waals surface area (Å²) in [5, 5.41) is 13.6. The summed E-state index contributed by atoms with van der Waals surface area (Å²) in [7, 11) is 0. The fraction of sp³-hybridized carbons (Fsp3) is 0.0741. The fourth-order valence-electron chi connectivity index (χ4n) is 3.96. The summed E-state index contributed by atoms with van der Waals surface area (Å²) in [5.41, 5.74) is 2.18. The van der Waals surface area contributed by atoms with Gasteiger partial charge in [-0.05, 0) is 65.0 Å². The number of thiophene rings is 1. The molecule has 2 amide bonds. The molecule has 1 aliphatic rings. The standard InChI is InChI=1S/C27H18F2N4O4S3/c28-20-6-3-15(8-21(20)29)16-7-19(39-12-16)10-23-25(35)33(27(38)40-23)22(9-18-11-30-13-31-18)24(34)32-17-4-1-14(2-5-17)26(36)37/h1-8,10-13,22H,9H2,(H,30,31)(H,32,34)(H,36,37)/b23-10-/t22-/m0/s1. The maximum absolute atomic E-state index is 13.7. The molecule has 1 saturated heterocycles. The van der Waals surface area contributed by atoms with E-state index in [9.17, 15) is 23.2 Å².